The Labute approximate surface area is 124 Å². The van der Waals surface area contributed by atoms with E-state index in [1.807, 2.05) is 52.0 Å². The van der Waals surface area contributed by atoms with Gasteiger partial charge in [-0.25, -0.2) is 4.79 Å². The molecule has 0 aliphatic heterocycles. The van der Waals surface area contributed by atoms with Crippen LogP contribution in [-0.2, 0) is 5.54 Å². The van der Waals surface area contributed by atoms with Gasteiger partial charge in [-0.1, -0.05) is 24.3 Å². The summed E-state index contributed by atoms with van der Waals surface area (Å²) in [5, 5.41) is 22.8. The molecule has 0 fully saturated rings. The van der Waals surface area contributed by atoms with Crippen LogP contribution in [-0.4, -0.2) is 27.4 Å². The van der Waals surface area contributed by atoms with Crippen molar-refractivity contribution in [3.63, 3.8) is 0 Å². The number of hydrogen-bond acceptors (Lipinski definition) is 3. The summed E-state index contributed by atoms with van der Waals surface area (Å²) in [5.74, 6) is -0.966. The Kier molecular flexibility index (Phi) is 4.03. The number of rotatable bonds is 4. The second-order valence-corrected chi connectivity index (χ2v) is 6.05. The zero-order valence-electron chi connectivity index (χ0n) is 12.8. The first-order chi connectivity index (χ1) is 9.75. The first-order valence-electron chi connectivity index (χ1n) is 7.00. The highest BCUT2D eigenvalue weighted by molar-refractivity contribution is 5.96. The van der Waals surface area contributed by atoms with Gasteiger partial charge in [-0.2, -0.15) is 5.06 Å². The number of carboxylic acid groups (broad SMARTS) is 1. The Balaban J connectivity index is 2.74. The fourth-order valence-corrected chi connectivity index (χ4v) is 2.71. The molecule has 0 saturated heterocycles. The summed E-state index contributed by atoms with van der Waals surface area (Å²) in [7, 11) is 0. The minimum Gasteiger partial charge on any atom is -0.478 e. The number of hydroxylamine groups is 2. The zero-order valence-corrected chi connectivity index (χ0v) is 12.8. The number of hydrogen-bond donors (Lipinski definition) is 2. The molecule has 0 heterocycles. The average molecular weight is 287 g/mol. The van der Waals surface area contributed by atoms with Crippen molar-refractivity contribution >= 4 is 16.7 Å². The van der Waals surface area contributed by atoms with Gasteiger partial charge < -0.3 is 10.3 Å². The quantitative estimate of drug-likeness (QED) is 0.838. The number of aromatic carboxylic acids is 1. The summed E-state index contributed by atoms with van der Waals surface area (Å²) in [6.45, 7) is 7.57. The van der Waals surface area contributed by atoms with Crippen LogP contribution < -0.4 is 0 Å². The van der Waals surface area contributed by atoms with Crippen molar-refractivity contribution in [2.75, 3.05) is 0 Å². The van der Waals surface area contributed by atoms with Gasteiger partial charge in [-0.05, 0) is 56.2 Å². The molecule has 0 radical (unpaired) electrons. The van der Waals surface area contributed by atoms with Crippen molar-refractivity contribution < 1.29 is 15.1 Å². The number of nitrogens with zero attached hydrogens (tertiary/aromatic N) is 1. The molecule has 0 aliphatic carbocycles. The molecule has 2 aromatic carbocycles. The first-order valence-corrected chi connectivity index (χ1v) is 7.00. The van der Waals surface area contributed by atoms with Crippen LogP contribution in [0.25, 0.3) is 10.8 Å². The molecule has 0 spiro atoms. The topological polar surface area (TPSA) is 60.8 Å². The van der Waals surface area contributed by atoms with Crippen LogP contribution in [0.2, 0.25) is 0 Å². The predicted octanol–water partition coefficient (Wildman–Crippen LogP) is 3.87. The standard InChI is InChI=1S/C17H21NO3/c1-11(2)18(21)17(3,4)15-10-13(16(19)20)9-12-7-5-6-8-14(12)15/h5-11,21H,1-4H3,(H,19,20). The summed E-state index contributed by atoms with van der Waals surface area (Å²) in [5.41, 5.74) is 0.335. The normalized spacial score (nSPS) is 12.3. The third-order valence-electron chi connectivity index (χ3n) is 3.83. The molecule has 0 bridgehead atoms. The Hall–Kier alpha value is -1.91. The van der Waals surface area contributed by atoms with Crippen molar-refractivity contribution in [3.8, 4) is 0 Å². The van der Waals surface area contributed by atoms with E-state index in [0.717, 1.165) is 16.3 Å². The first kappa shape index (κ1) is 15.5. The highest BCUT2D eigenvalue weighted by Gasteiger charge is 2.32. The third-order valence-corrected chi connectivity index (χ3v) is 3.83. The molecule has 0 saturated carbocycles. The van der Waals surface area contributed by atoms with Crippen LogP contribution in [0.1, 0.15) is 43.6 Å². The highest BCUT2D eigenvalue weighted by Crippen LogP contribution is 2.34. The van der Waals surface area contributed by atoms with Crippen molar-refractivity contribution in [1.29, 1.82) is 0 Å². The van der Waals surface area contributed by atoms with Crippen LogP contribution in [0.15, 0.2) is 36.4 Å². The molecule has 0 aliphatic rings. The molecular weight excluding hydrogens is 266 g/mol. The molecule has 4 nitrogen and oxygen atoms in total. The molecule has 2 rings (SSSR count). The fourth-order valence-electron chi connectivity index (χ4n) is 2.71. The van der Waals surface area contributed by atoms with E-state index in [1.54, 1.807) is 12.1 Å². The largest absolute Gasteiger partial charge is 0.478 e. The molecule has 0 unspecified atom stereocenters. The summed E-state index contributed by atoms with van der Waals surface area (Å²) >= 11 is 0. The molecule has 2 aromatic rings. The Bertz CT molecular complexity index is 677. The summed E-state index contributed by atoms with van der Waals surface area (Å²) in [6.07, 6.45) is 0. The molecule has 2 N–H and O–H groups in total. The number of carboxylic acids is 1. The van der Waals surface area contributed by atoms with E-state index in [1.165, 1.54) is 5.06 Å². The van der Waals surface area contributed by atoms with Gasteiger partial charge in [0.2, 0.25) is 0 Å². The zero-order chi connectivity index (χ0) is 15.8. The lowest BCUT2D eigenvalue weighted by Gasteiger charge is -2.37. The van der Waals surface area contributed by atoms with E-state index in [2.05, 4.69) is 0 Å². The number of fused-ring (bicyclic) bond motifs is 1. The van der Waals surface area contributed by atoms with Crippen LogP contribution in [0, 0.1) is 0 Å². The van der Waals surface area contributed by atoms with Crippen LogP contribution in [0.3, 0.4) is 0 Å². The fraction of sp³-hybridized carbons (Fsp3) is 0.353. The minimum absolute atomic E-state index is 0.0766. The van der Waals surface area contributed by atoms with Gasteiger partial charge in [0, 0.05) is 6.04 Å². The Morgan fingerprint density at radius 1 is 1.19 bits per heavy atom. The molecular formula is C17H21NO3. The lowest BCUT2D eigenvalue weighted by atomic mass is 9.87. The monoisotopic (exact) mass is 287 g/mol. The van der Waals surface area contributed by atoms with Gasteiger partial charge in [-0.3, -0.25) is 0 Å². The van der Waals surface area contributed by atoms with Gasteiger partial charge in [0.25, 0.3) is 0 Å². The lowest BCUT2D eigenvalue weighted by molar-refractivity contribution is -0.188. The average Bonchev–Trinajstić information content (AvgIpc) is 2.44. The lowest BCUT2D eigenvalue weighted by Crippen LogP contribution is -2.43. The van der Waals surface area contributed by atoms with Gasteiger partial charge in [0.05, 0.1) is 11.1 Å². The Morgan fingerprint density at radius 2 is 1.81 bits per heavy atom. The predicted molar refractivity (Wildman–Crippen MR) is 82.7 cm³/mol. The van der Waals surface area contributed by atoms with Crippen LogP contribution in [0.5, 0.6) is 0 Å². The SMILES string of the molecule is CC(C)N(O)C(C)(C)c1cc(C(=O)O)cc2ccccc12. The van der Waals surface area contributed by atoms with E-state index in [4.69, 9.17) is 0 Å². The van der Waals surface area contributed by atoms with E-state index in [9.17, 15) is 15.1 Å². The molecule has 0 atom stereocenters. The second-order valence-electron chi connectivity index (χ2n) is 6.05. The second kappa shape index (κ2) is 5.47. The van der Waals surface area contributed by atoms with E-state index in [0.29, 0.717) is 0 Å². The molecule has 21 heavy (non-hydrogen) atoms. The van der Waals surface area contributed by atoms with Crippen LogP contribution in [0.4, 0.5) is 0 Å². The number of carbonyl (C=O) groups is 1. The molecule has 0 aromatic heterocycles. The molecule has 4 heteroatoms. The smallest absolute Gasteiger partial charge is 0.335 e. The van der Waals surface area contributed by atoms with Gasteiger partial charge in [0.1, 0.15) is 0 Å². The van der Waals surface area contributed by atoms with Crippen molar-refractivity contribution in [3.05, 3.63) is 47.5 Å². The minimum atomic E-state index is -0.966. The van der Waals surface area contributed by atoms with Gasteiger partial charge >= 0.3 is 5.97 Å². The summed E-state index contributed by atoms with van der Waals surface area (Å²) in [4.78, 5) is 11.4. The Morgan fingerprint density at radius 3 is 2.38 bits per heavy atom. The summed E-state index contributed by atoms with van der Waals surface area (Å²) < 4.78 is 0. The third kappa shape index (κ3) is 2.77. The van der Waals surface area contributed by atoms with E-state index >= 15 is 0 Å². The molecule has 0 amide bonds. The van der Waals surface area contributed by atoms with Crippen molar-refractivity contribution in [1.82, 2.24) is 5.06 Å². The van der Waals surface area contributed by atoms with Gasteiger partial charge in [-0.15, -0.1) is 0 Å². The maximum atomic E-state index is 11.4. The maximum Gasteiger partial charge on any atom is 0.335 e. The van der Waals surface area contributed by atoms with E-state index < -0.39 is 11.5 Å². The maximum absolute atomic E-state index is 11.4. The highest BCUT2D eigenvalue weighted by atomic mass is 16.5. The van der Waals surface area contributed by atoms with Crippen LogP contribution >= 0.6 is 0 Å². The summed E-state index contributed by atoms with van der Waals surface area (Å²) in [6, 6.07) is 10.9. The van der Waals surface area contributed by atoms with E-state index in [-0.39, 0.29) is 11.6 Å². The van der Waals surface area contributed by atoms with Crippen molar-refractivity contribution in [2.45, 2.75) is 39.3 Å². The number of benzene rings is 2. The van der Waals surface area contributed by atoms with Crippen molar-refractivity contribution in [2.24, 2.45) is 0 Å². The van der Waals surface area contributed by atoms with Gasteiger partial charge in [0.15, 0.2) is 0 Å². The molecule has 112 valence electrons.